The lowest BCUT2D eigenvalue weighted by atomic mass is 10.0. The molecule has 0 spiro atoms. The predicted molar refractivity (Wildman–Crippen MR) is 77.2 cm³/mol. The zero-order valence-corrected chi connectivity index (χ0v) is 11.2. The van der Waals surface area contributed by atoms with Crippen LogP contribution in [0.3, 0.4) is 0 Å². The summed E-state index contributed by atoms with van der Waals surface area (Å²) in [5, 5.41) is 0. The van der Waals surface area contributed by atoms with Crippen molar-refractivity contribution in [1.82, 2.24) is 0 Å². The molecule has 1 atom stereocenters. The van der Waals surface area contributed by atoms with Crippen LogP contribution in [0.1, 0.15) is 25.0 Å². The molecule has 0 saturated carbocycles. The number of aryl methyl sites for hydroxylation is 2. The molecule has 0 aliphatic carbocycles. The van der Waals surface area contributed by atoms with Crippen molar-refractivity contribution in [2.45, 2.75) is 27.7 Å². The molecule has 1 unspecified atom stereocenters. The molecule has 1 nitrogen and oxygen atoms in total. The van der Waals surface area contributed by atoms with E-state index in [0.717, 1.165) is 5.69 Å². The fourth-order valence-electron chi connectivity index (χ4n) is 1.80. The minimum atomic E-state index is 0.304. The highest BCUT2D eigenvalue weighted by Gasteiger charge is 2.01. The van der Waals surface area contributed by atoms with E-state index in [-0.39, 0.29) is 0 Å². The van der Waals surface area contributed by atoms with Crippen LogP contribution < -0.4 is 0 Å². The zero-order chi connectivity index (χ0) is 12.8. The lowest BCUT2D eigenvalue weighted by Crippen LogP contribution is -1.98. The molecule has 0 N–H and O–H groups in total. The fourth-order valence-corrected chi connectivity index (χ4v) is 1.80. The Morgan fingerprint density at radius 3 is 2.59 bits per heavy atom. The molecule has 0 aliphatic heterocycles. The summed E-state index contributed by atoms with van der Waals surface area (Å²) in [4.78, 5) is 4.55. The first-order chi connectivity index (χ1) is 8.08. The maximum absolute atomic E-state index is 4.55. The zero-order valence-electron chi connectivity index (χ0n) is 11.2. The predicted octanol–water partition coefficient (Wildman–Crippen LogP) is 4.77. The van der Waals surface area contributed by atoms with Gasteiger partial charge in [0.1, 0.15) is 0 Å². The normalized spacial score (nSPS) is 14.0. The van der Waals surface area contributed by atoms with Gasteiger partial charge in [-0.15, -0.1) is 0 Å². The van der Waals surface area contributed by atoms with Crippen molar-refractivity contribution in [2.75, 3.05) is 0 Å². The van der Waals surface area contributed by atoms with Crippen LogP contribution in [0.2, 0.25) is 0 Å². The van der Waals surface area contributed by atoms with E-state index in [2.05, 4.69) is 56.6 Å². The first-order valence-corrected chi connectivity index (χ1v) is 5.98. The number of hydrogen-bond acceptors (Lipinski definition) is 1. The summed E-state index contributed by atoms with van der Waals surface area (Å²) in [5.41, 5.74) is 4.74. The highest BCUT2D eigenvalue weighted by molar-refractivity contribution is 5.70. The summed E-state index contributed by atoms with van der Waals surface area (Å²) in [5.74, 6) is 0.304. The van der Waals surface area contributed by atoms with E-state index in [1.54, 1.807) is 0 Å². The third-order valence-corrected chi connectivity index (χ3v) is 2.88. The van der Waals surface area contributed by atoms with Gasteiger partial charge in [0.2, 0.25) is 0 Å². The maximum atomic E-state index is 4.55. The number of aliphatic imine (C=N–C) groups is 1. The van der Waals surface area contributed by atoms with Crippen molar-refractivity contribution in [3.05, 3.63) is 53.6 Å². The van der Waals surface area contributed by atoms with E-state index in [4.69, 9.17) is 0 Å². The van der Waals surface area contributed by atoms with Crippen molar-refractivity contribution < 1.29 is 0 Å². The minimum Gasteiger partial charge on any atom is -0.260 e. The van der Waals surface area contributed by atoms with E-state index in [9.17, 15) is 0 Å². The van der Waals surface area contributed by atoms with Crippen molar-refractivity contribution >= 4 is 11.9 Å². The van der Waals surface area contributed by atoms with Crippen molar-refractivity contribution in [1.29, 1.82) is 0 Å². The van der Waals surface area contributed by atoms with Gasteiger partial charge in [-0.1, -0.05) is 43.4 Å². The highest BCUT2D eigenvalue weighted by atomic mass is 14.7. The van der Waals surface area contributed by atoms with Gasteiger partial charge >= 0.3 is 0 Å². The second-order valence-electron chi connectivity index (χ2n) is 4.35. The topological polar surface area (TPSA) is 12.4 Å². The highest BCUT2D eigenvalue weighted by Crippen LogP contribution is 2.20. The number of benzene rings is 1. The summed E-state index contributed by atoms with van der Waals surface area (Å²) in [6.07, 6.45) is 5.94. The monoisotopic (exact) mass is 227 g/mol. The molecular weight excluding hydrogens is 206 g/mol. The van der Waals surface area contributed by atoms with Crippen LogP contribution in [0, 0.1) is 19.8 Å². The van der Waals surface area contributed by atoms with Crippen LogP contribution in [-0.2, 0) is 0 Å². The van der Waals surface area contributed by atoms with E-state index < -0.39 is 0 Å². The van der Waals surface area contributed by atoms with Crippen LogP contribution in [0.25, 0.3) is 0 Å². The molecule has 0 radical (unpaired) electrons. The van der Waals surface area contributed by atoms with Gasteiger partial charge in [-0.3, -0.25) is 4.99 Å². The summed E-state index contributed by atoms with van der Waals surface area (Å²) in [6.45, 7) is 12.2. The van der Waals surface area contributed by atoms with Crippen LogP contribution in [0.5, 0.6) is 0 Å². The third-order valence-electron chi connectivity index (χ3n) is 2.88. The average molecular weight is 227 g/mol. The van der Waals surface area contributed by atoms with E-state index in [1.165, 1.54) is 16.7 Å². The standard InChI is InChI=1S/C16H21N/c1-6-15(7-2)14(5)11-17-16-9-8-12(3)10-13(16)4/h6-11,14H,1H2,2-5H3/b15-7+,17-11-. The molecule has 0 fully saturated rings. The van der Waals surface area contributed by atoms with Gasteiger partial charge in [-0.2, -0.15) is 0 Å². The van der Waals surface area contributed by atoms with E-state index in [0.29, 0.717) is 5.92 Å². The Balaban J connectivity index is 2.87. The Kier molecular flexibility index (Phi) is 4.89. The van der Waals surface area contributed by atoms with Gasteiger partial charge in [-0.25, -0.2) is 0 Å². The lowest BCUT2D eigenvalue weighted by Gasteiger charge is -2.07. The third kappa shape index (κ3) is 3.70. The van der Waals surface area contributed by atoms with E-state index >= 15 is 0 Å². The molecule has 1 aromatic carbocycles. The molecule has 90 valence electrons. The van der Waals surface area contributed by atoms with Crippen LogP contribution in [0.4, 0.5) is 5.69 Å². The Hall–Kier alpha value is -1.63. The van der Waals surface area contributed by atoms with Gasteiger partial charge in [0.25, 0.3) is 0 Å². The molecule has 1 rings (SSSR count). The summed E-state index contributed by atoms with van der Waals surface area (Å²) in [7, 11) is 0. The number of nitrogens with zero attached hydrogens (tertiary/aromatic N) is 1. The van der Waals surface area contributed by atoms with Gasteiger partial charge in [0.05, 0.1) is 5.69 Å². The molecule has 0 bridgehead atoms. The molecule has 0 saturated heterocycles. The molecule has 1 heteroatoms. The Morgan fingerprint density at radius 1 is 1.35 bits per heavy atom. The molecule has 1 aromatic rings. The first kappa shape index (κ1) is 13.4. The van der Waals surface area contributed by atoms with Gasteiger partial charge in [0.15, 0.2) is 0 Å². The molecule has 0 amide bonds. The number of hydrogen-bond donors (Lipinski definition) is 0. The second-order valence-corrected chi connectivity index (χ2v) is 4.35. The fraction of sp³-hybridized carbons (Fsp3) is 0.312. The van der Waals surface area contributed by atoms with E-state index in [1.807, 2.05) is 19.2 Å². The number of rotatable bonds is 4. The largest absolute Gasteiger partial charge is 0.260 e. The quantitative estimate of drug-likeness (QED) is 0.519. The Labute approximate surface area is 105 Å². The summed E-state index contributed by atoms with van der Waals surface area (Å²) >= 11 is 0. The number of allylic oxidation sites excluding steroid dienone is 3. The summed E-state index contributed by atoms with van der Waals surface area (Å²) in [6, 6.07) is 6.31. The SMILES string of the molecule is C=C/C(=C\C)C(C)/C=N\c1ccc(C)cc1C. The van der Waals surface area contributed by atoms with Crippen LogP contribution in [-0.4, -0.2) is 6.21 Å². The molecule has 0 aromatic heterocycles. The van der Waals surface area contributed by atoms with Crippen LogP contribution >= 0.6 is 0 Å². The van der Waals surface area contributed by atoms with Gasteiger partial charge in [0, 0.05) is 12.1 Å². The van der Waals surface area contributed by atoms with Gasteiger partial charge in [-0.05, 0) is 38.0 Å². The van der Waals surface area contributed by atoms with Crippen molar-refractivity contribution in [2.24, 2.45) is 10.9 Å². The minimum absolute atomic E-state index is 0.304. The second kappa shape index (κ2) is 6.19. The van der Waals surface area contributed by atoms with Gasteiger partial charge < -0.3 is 0 Å². The molecule has 0 heterocycles. The van der Waals surface area contributed by atoms with Crippen molar-refractivity contribution in [3.8, 4) is 0 Å². The maximum Gasteiger partial charge on any atom is 0.0655 e. The van der Waals surface area contributed by atoms with Crippen LogP contribution in [0.15, 0.2) is 47.5 Å². The summed E-state index contributed by atoms with van der Waals surface area (Å²) < 4.78 is 0. The Morgan fingerprint density at radius 2 is 2.06 bits per heavy atom. The molecule has 0 aliphatic rings. The molecule has 17 heavy (non-hydrogen) atoms. The first-order valence-electron chi connectivity index (χ1n) is 5.98. The van der Waals surface area contributed by atoms with Crippen molar-refractivity contribution in [3.63, 3.8) is 0 Å². The molecular formula is C16H21N. The Bertz CT molecular complexity index is 453. The average Bonchev–Trinajstić information content (AvgIpc) is 2.29. The lowest BCUT2D eigenvalue weighted by molar-refractivity contribution is 0.965. The smallest absolute Gasteiger partial charge is 0.0655 e.